The van der Waals surface area contributed by atoms with E-state index in [4.69, 9.17) is 0 Å². The van der Waals surface area contributed by atoms with Gasteiger partial charge in [0.25, 0.3) is 0 Å². The Bertz CT molecular complexity index is 200. The third kappa shape index (κ3) is 3.72. The van der Waals surface area contributed by atoms with Crippen LogP contribution in [0.1, 0.15) is 39.0 Å². The van der Waals surface area contributed by atoms with Crippen molar-refractivity contribution < 1.29 is 5.11 Å². The zero-order chi connectivity index (χ0) is 11.4. The molecule has 2 N–H and O–H groups in total. The topological polar surface area (TPSA) is 35.5 Å². The van der Waals surface area contributed by atoms with Gasteiger partial charge in [0.05, 0.1) is 6.10 Å². The van der Waals surface area contributed by atoms with E-state index in [1.54, 1.807) is 0 Å². The van der Waals surface area contributed by atoms with Crippen LogP contribution >= 0.6 is 0 Å². The predicted octanol–water partition coefficient (Wildman–Crippen LogP) is 1.22. The van der Waals surface area contributed by atoms with Crippen molar-refractivity contribution in [2.24, 2.45) is 5.92 Å². The summed E-state index contributed by atoms with van der Waals surface area (Å²) in [5.74, 6) is 0.853. The van der Waals surface area contributed by atoms with Crippen molar-refractivity contribution in [1.82, 2.24) is 10.2 Å². The molecule has 3 nitrogen and oxygen atoms in total. The first-order chi connectivity index (χ1) is 7.79. The molecule has 1 heterocycles. The minimum absolute atomic E-state index is 0.123. The zero-order valence-electron chi connectivity index (χ0n) is 10.5. The number of nitrogens with zero attached hydrogens (tertiary/aromatic N) is 1. The molecule has 0 amide bonds. The molecule has 1 saturated carbocycles. The lowest BCUT2D eigenvalue weighted by molar-refractivity contribution is 0.0909. The van der Waals surface area contributed by atoms with Crippen molar-refractivity contribution in [3.8, 4) is 0 Å². The van der Waals surface area contributed by atoms with Crippen LogP contribution in [0.5, 0.6) is 0 Å². The minimum Gasteiger partial charge on any atom is -0.392 e. The van der Waals surface area contributed by atoms with Crippen molar-refractivity contribution in [2.45, 2.75) is 51.2 Å². The molecule has 1 atom stereocenters. The Kier molecular flexibility index (Phi) is 4.62. The number of nitrogens with one attached hydrogen (secondary N) is 1. The first-order valence-electron chi connectivity index (χ1n) is 6.92. The number of aliphatic hydroxyl groups is 1. The summed E-state index contributed by atoms with van der Waals surface area (Å²) in [5, 5.41) is 13.2. The fourth-order valence-electron chi connectivity index (χ4n) is 2.61. The molecule has 3 heteroatoms. The van der Waals surface area contributed by atoms with Crippen LogP contribution in [0.2, 0.25) is 0 Å². The molecule has 1 aliphatic heterocycles. The zero-order valence-corrected chi connectivity index (χ0v) is 10.5. The molecule has 2 rings (SSSR count). The van der Waals surface area contributed by atoms with E-state index in [9.17, 15) is 5.11 Å². The molecule has 2 aliphatic rings. The van der Waals surface area contributed by atoms with Crippen LogP contribution in [0.3, 0.4) is 0 Å². The molecule has 1 saturated heterocycles. The van der Waals surface area contributed by atoms with Gasteiger partial charge in [0.15, 0.2) is 0 Å². The van der Waals surface area contributed by atoms with E-state index in [0.29, 0.717) is 0 Å². The van der Waals surface area contributed by atoms with Gasteiger partial charge in [-0.2, -0.15) is 0 Å². The van der Waals surface area contributed by atoms with Gasteiger partial charge in [0.2, 0.25) is 0 Å². The lowest BCUT2D eigenvalue weighted by Crippen LogP contribution is -2.40. The quantitative estimate of drug-likeness (QED) is 0.715. The maximum Gasteiger partial charge on any atom is 0.0664 e. The molecule has 0 aromatic rings. The average molecular weight is 226 g/mol. The number of piperidine rings is 1. The van der Waals surface area contributed by atoms with E-state index < -0.39 is 0 Å². The number of hydrogen-bond acceptors (Lipinski definition) is 3. The van der Waals surface area contributed by atoms with Crippen LogP contribution in [0.25, 0.3) is 0 Å². The maximum atomic E-state index is 9.78. The number of aliphatic hydroxyl groups excluding tert-OH is 1. The molecule has 2 fully saturated rings. The molecule has 0 aromatic carbocycles. The summed E-state index contributed by atoms with van der Waals surface area (Å²) < 4.78 is 0. The van der Waals surface area contributed by atoms with E-state index in [2.05, 4.69) is 17.1 Å². The first-order valence-corrected chi connectivity index (χ1v) is 6.92. The highest BCUT2D eigenvalue weighted by atomic mass is 16.3. The molecule has 0 radical (unpaired) electrons. The van der Waals surface area contributed by atoms with Gasteiger partial charge < -0.3 is 10.4 Å². The molecule has 94 valence electrons. The van der Waals surface area contributed by atoms with E-state index in [1.807, 2.05) is 0 Å². The summed E-state index contributed by atoms with van der Waals surface area (Å²) in [6.07, 6.45) is 6.08. The Morgan fingerprint density at radius 2 is 1.94 bits per heavy atom. The number of rotatable bonds is 6. The third-order valence-corrected chi connectivity index (χ3v) is 3.93. The highest BCUT2D eigenvalue weighted by Crippen LogP contribution is 2.29. The van der Waals surface area contributed by atoms with Crippen LogP contribution in [0, 0.1) is 5.92 Å². The predicted molar refractivity (Wildman–Crippen MR) is 66.5 cm³/mol. The molecule has 0 bridgehead atoms. The van der Waals surface area contributed by atoms with Crippen molar-refractivity contribution in [1.29, 1.82) is 0 Å². The van der Waals surface area contributed by atoms with Crippen LogP contribution in [0.4, 0.5) is 0 Å². The van der Waals surface area contributed by atoms with Gasteiger partial charge in [0, 0.05) is 19.1 Å². The Hall–Kier alpha value is -0.120. The first kappa shape index (κ1) is 12.3. The minimum atomic E-state index is -0.123. The highest BCUT2D eigenvalue weighted by Gasteiger charge is 2.31. The molecule has 0 aromatic heterocycles. The Morgan fingerprint density at radius 1 is 1.25 bits per heavy atom. The van der Waals surface area contributed by atoms with Gasteiger partial charge in [-0.25, -0.2) is 0 Å². The van der Waals surface area contributed by atoms with Gasteiger partial charge in [-0.05, 0) is 51.1 Å². The second kappa shape index (κ2) is 5.99. The molecule has 16 heavy (non-hydrogen) atoms. The lowest BCUT2D eigenvalue weighted by Gasteiger charge is -2.31. The summed E-state index contributed by atoms with van der Waals surface area (Å²) >= 11 is 0. The fraction of sp³-hybridized carbons (Fsp3) is 1.00. The van der Waals surface area contributed by atoms with Gasteiger partial charge in [-0.15, -0.1) is 0 Å². The maximum absolute atomic E-state index is 9.78. The van der Waals surface area contributed by atoms with Crippen LogP contribution in [-0.2, 0) is 0 Å². The van der Waals surface area contributed by atoms with Crippen molar-refractivity contribution in [2.75, 3.05) is 26.2 Å². The van der Waals surface area contributed by atoms with Gasteiger partial charge in [0.1, 0.15) is 0 Å². The summed E-state index contributed by atoms with van der Waals surface area (Å²) in [6.45, 7) is 6.54. The molecular weight excluding hydrogens is 200 g/mol. The third-order valence-electron chi connectivity index (χ3n) is 3.93. The Morgan fingerprint density at radius 3 is 2.50 bits per heavy atom. The molecule has 1 unspecified atom stereocenters. The van der Waals surface area contributed by atoms with E-state index in [-0.39, 0.29) is 6.10 Å². The molecule has 0 spiro atoms. The van der Waals surface area contributed by atoms with Gasteiger partial charge in [-0.1, -0.05) is 6.92 Å². The van der Waals surface area contributed by atoms with Crippen LogP contribution < -0.4 is 5.32 Å². The van der Waals surface area contributed by atoms with Crippen LogP contribution in [0.15, 0.2) is 0 Å². The van der Waals surface area contributed by atoms with E-state index in [1.165, 1.54) is 45.3 Å². The number of hydrogen-bond donors (Lipinski definition) is 2. The van der Waals surface area contributed by atoms with Gasteiger partial charge >= 0.3 is 0 Å². The largest absolute Gasteiger partial charge is 0.392 e. The van der Waals surface area contributed by atoms with Gasteiger partial charge in [-0.3, -0.25) is 4.90 Å². The van der Waals surface area contributed by atoms with Crippen LogP contribution in [-0.4, -0.2) is 48.3 Å². The summed E-state index contributed by atoms with van der Waals surface area (Å²) in [5.41, 5.74) is 0. The van der Waals surface area contributed by atoms with E-state index >= 15 is 0 Å². The average Bonchev–Trinajstić information content (AvgIpc) is 3.13. The molecule has 1 aliphatic carbocycles. The SMILES string of the molecule is CCC(O)CN(CC1CCNCC1)C1CC1. The lowest BCUT2D eigenvalue weighted by atomic mass is 9.97. The van der Waals surface area contributed by atoms with Crippen molar-refractivity contribution in [3.63, 3.8) is 0 Å². The fourth-order valence-corrected chi connectivity index (χ4v) is 2.61. The second-order valence-electron chi connectivity index (χ2n) is 5.44. The van der Waals surface area contributed by atoms with Crippen molar-refractivity contribution >= 4 is 0 Å². The second-order valence-corrected chi connectivity index (χ2v) is 5.44. The Balaban J connectivity index is 1.77. The Labute approximate surface area is 99.2 Å². The summed E-state index contributed by atoms with van der Waals surface area (Å²) in [4.78, 5) is 2.55. The van der Waals surface area contributed by atoms with E-state index in [0.717, 1.165) is 24.9 Å². The standard InChI is InChI=1S/C13H26N2O/c1-2-13(16)10-15(12-3-4-12)9-11-5-7-14-8-6-11/h11-14,16H,2-10H2,1H3. The monoisotopic (exact) mass is 226 g/mol. The smallest absolute Gasteiger partial charge is 0.0664 e. The normalized spacial score (nSPS) is 24.9. The van der Waals surface area contributed by atoms with Crippen molar-refractivity contribution in [3.05, 3.63) is 0 Å². The summed E-state index contributed by atoms with van der Waals surface area (Å²) in [6, 6.07) is 0.788. The molecular formula is C13H26N2O. The summed E-state index contributed by atoms with van der Waals surface area (Å²) in [7, 11) is 0. The highest BCUT2D eigenvalue weighted by molar-refractivity contribution is 4.87.